The number of unbranched alkanes of at least 4 members (excludes halogenated alkanes) is 2. The van der Waals surface area contributed by atoms with Crippen LogP contribution in [0.15, 0.2) is 0 Å². The molecule has 1 N–H and O–H groups in total. The molecule has 0 saturated heterocycles. The third-order valence-corrected chi connectivity index (χ3v) is 1.95. The van der Waals surface area contributed by atoms with Crippen LogP contribution in [0.25, 0.3) is 0 Å². The fourth-order valence-electron chi connectivity index (χ4n) is 0.719. The van der Waals surface area contributed by atoms with Crippen LogP contribution in [-0.2, 0) is 10.7 Å². The second-order valence-corrected chi connectivity index (χ2v) is 3.33. The molecule has 0 aliphatic heterocycles. The van der Waals surface area contributed by atoms with Crippen molar-refractivity contribution < 1.29 is 8.42 Å². The Kier molecular flexibility index (Phi) is 6.96. The summed E-state index contributed by atoms with van der Waals surface area (Å²) in [5, 5.41) is 3.00. The molecule has 0 aromatic heterocycles. The van der Waals surface area contributed by atoms with Gasteiger partial charge in [-0.2, -0.15) is 0 Å². The Hall–Kier alpha value is -0.0900. The van der Waals surface area contributed by atoms with E-state index >= 15 is 0 Å². The number of nitrogens with one attached hydrogen (secondary N) is 1. The molecule has 10 heavy (non-hydrogen) atoms. The Morgan fingerprint density at radius 3 is 2.40 bits per heavy atom. The Labute approximate surface area is 63.8 Å². The zero-order valence-corrected chi connectivity index (χ0v) is 7.19. The van der Waals surface area contributed by atoms with Crippen LogP contribution in [0.3, 0.4) is 0 Å². The monoisotopic (exact) mass is 165 g/mol. The van der Waals surface area contributed by atoms with Gasteiger partial charge < -0.3 is 5.32 Å². The first-order chi connectivity index (χ1) is 4.77. The second-order valence-electron chi connectivity index (χ2n) is 2.22. The maximum atomic E-state index is 10.1. The Morgan fingerprint density at radius 1 is 1.20 bits per heavy atom. The van der Waals surface area contributed by atoms with E-state index in [0.717, 1.165) is 25.8 Å². The predicted octanol–water partition coefficient (Wildman–Crippen LogP) is -0.0125. The maximum Gasteiger partial charge on any atom is 0.140 e. The van der Waals surface area contributed by atoms with Gasteiger partial charge in [0.15, 0.2) is 0 Å². The summed E-state index contributed by atoms with van der Waals surface area (Å²) in [5.41, 5.74) is 0. The fraction of sp³-hybridized carbons (Fsp3) is 1.00. The summed E-state index contributed by atoms with van der Waals surface area (Å²) in [5.74, 6) is 0.346. The molecule has 0 aromatic carbocycles. The molecule has 0 saturated carbocycles. The molecular weight excluding hydrogens is 150 g/mol. The SMILES string of the molecule is CNCCCCC[SH](=O)=O. The first-order valence-corrected chi connectivity index (χ1v) is 4.90. The van der Waals surface area contributed by atoms with Crippen molar-refractivity contribution in [3.05, 3.63) is 0 Å². The summed E-state index contributed by atoms with van der Waals surface area (Å²) < 4.78 is 20.1. The van der Waals surface area contributed by atoms with Crippen molar-refractivity contribution in [2.24, 2.45) is 0 Å². The van der Waals surface area contributed by atoms with Crippen LogP contribution in [0.4, 0.5) is 0 Å². The molecule has 0 amide bonds. The molecule has 0 radical (unpaired) electrons. The highest BCUT2D eigenvalue weighted by Gasteiger charge is 1.88. The van der Waals surface area contributed by atoms with E-state index in [9.17, 15) is 8.42 Å². The van der Waals surface area contributed by atoms with Crippen molar-refractivity contribution in [3.8, 4) is 0 Å². The minimum Gasteiger partial charge on any atom is -0.320 e. The van der Waals surface area contributed by atoms with Gasteiger partial charge in [-0.3, -0.25) is 0 Å². The third-order valence-electron chi connectivity index (χ3n) is 1.27. The van der Waals surface area contributed by atoms with Gasteiger partial charge in [-0.25, -0.2) is 8.42 Å². The van der Waals surface area contributed by atoms with Gasteiger partial charge in [-0.05, 0) is 26.4 Å². The van der Waals surface area contributed by atoms with Crippen molar-refractivity contribution in [2.75, 3.05) is 19.3 Å². The van der Waals surface area contributed by atoms with Crippen molar-refractivity contribution in [1.82, 2.24) is 5.32 Å². The van der Waals surface area contributed by atoms with Gasteiger partial charge in [0.2, 0.25) is 0 Å². The average molecular weight is 165 g/mol. The maximum absolute atomic E-state index is 10.1. The zero-order valence-electron chi connectivity index (χ0n) is 6.30. The molecule has 3 nitrogen and oxygen atoms in total. The first kappa shape index (κ1) is 9.91. The van der Waals surface area contributed by atoms with Crippen LogP contribution in [0.2, 0.25) is 0 Å². The fourth-order valence-corrected chi connectivity index (χ4v) is 1.20. The number of thiol groups is 1. The molecule has 0 aliphatic rings. The van der Waals surface area contributed by atoms with E-state index < -0.39 is 10.7 Å². The number of hydrogen-bond donors (Lipinski definition) is 2. The van der Waals surface area contributed by atoms with Crippen molar-refractivity contribution >= 4 is 10.7 Å². The van der Waals surface area contributed by atoms with Gasteiger partial charge in [0.05, 0.1) is 0 Å². The van der Waals surface area contributed by atoms with Crippen LogP contribution in [0, 0.1) is 0 Å². The van der Waals surface area contributed by atoms with Gasteiger partial charge in [0.1, 0.15) is 10.7 Å². The molecule has 0 heterocycles. The molecule has 0 atom stereocenters. The van der Waals surface area contributed by atoms with Crippen LogP contribution in [0.5, 0.6) is 0 Å². The summed E-state index contributed by atoms with van der Waals surface area (Å²) >= 11 is 0. The Morgan fingerprint density at radius 2 is 1.90 bits per heavy atom. The minimum atomic E-state index is -2.14. The summed E-state index contributed by atoms with van der Waals surface area (Å²) in [6.07, 6.45) is 2.88. The van der Waals surface area contributed by atoms with Crippen molar-refractivity contribution in [2.45, 2.75) is 19.3 Å². The third kappa shape index (κ3) is 7.91. The highest BCUT2D eigenvalue weighted by atomic mass is 32.2. The molecular formula is C6H15NO2S. The summed E-state index contributed by atoms with van der Waals surface area (Å²) in [6, 6.07) is 0. The van der Waals surface area contributed by atoms with Gasteiger partial charge in [-0.1, -0.05) is 6.42 Å². The average Bonchev–Trinajstić information content (AvgIpc) is 1.87. The summed E-state index contributed by atoms with van der Waals surface area (Å²) in [6.45, 7) is 0.982. The van der Waals surface area contributed by atoms with E-state index in [1.807, 2.05) is 7.05 Å². The van der Waals surface area contributed by atoms with E-state index in [4.69, 9.17) is 0 Å². The highest BCUT2D eigenvalue weighted by molar-refractivity contribution is 7.72. The number of hydrogen-bond acceptors (Lipinski definition) is 3. The van der Waals surface area contributed by atoms with Crippen LogP contribution >= 0.6 is 0 Å². The molecule has 0 unspecified atom stereocenters. The standard InChI is InChI=1S/C6H15NO2S/c1-7-5-3-2-4-6-10(8)9/h7,10H,2-6H2,1H3. The lowest BCUT2D eigenvalue weighted by molar-refractivity contribution is 0.605. The van der Waals surface area contributed by atoms with Gasteiger partial charge in [0, 0.05) is 5.75 Å². The second kappa shape index (κ2) is 7.02. The summed E-state index contributed by atoms with van der Waals surface area (Å²) in [7, 11) is -0.245. The minimum absolute atomic E-state index is 0.346. The van der Waals surface area contributed by atoms with E-state index in [-0.39, 0.29) is 0 Å². The lowest BCUT2D eigenvalue weighted by Crippen LogP contribution is -2.07. The van der Waals surface area contributed by atoms with Crippen LogP contribution < -0.4 is 5.32 Å². The molecule has 4 heteroatoms. The Bertz CT molecular complexity index is 126. The van der Waals surface area contributed by atoms with Crippen LogP contribution in [-0.4, -0.2) is 27.8 Å². The molecule has 0 spiro atoms. The molecule has 0 aliphatic carbocycles. The van der Waals surface area contributed by atoms with E-state index in [1.54, 1.807) is 0 Å². The number of rotatable bonds is 6. The van der Waals surface area contributed by atoms with Crippen LogP contribution in [0.1, 0.15) is 19.3 Å². The molecule has 0 aromatic rings. The van der Waals surface area contributed by atoms with Gasteiger partial charge in [0.25, 0.3) is 0 Å². The first-order valence-electron chi connectivity index (χ1n) is 3.53. The Balaban J connectivity index is 2.91. The molecule has 0 bridgehead atoms. The molecule has 62 valence electrons. The smallest absolute Gasteiger partial charge is 0.140 e. The van der Waals surface area contributed by atoms with Crippen molar-refractivity contribution in [1.29, 1.82) is 0 Å². The van der Waals surface area contributed by atoms with Crippen molar-refractivity contribution in [3.63, 3.8) is 0 Å². The quantitative estimate of drug-likeness (QED) is 0.430. The lowest BCUT2D eigenvalue weighted by Gasteiger charge is -1.95. The van der Waals surface area contributed by atoms with Gasteiger partial charge >= 0.3 is 0 Å². The molecule has 0 rings (SSSR count). The normalized spacial score (nSPS) is 10.6. The largest absolute Gasteiger partial charge is 0.320 e. The van der Waals surface area contributed by atoms with E-state index in [2.05, 4.69) is 5.32 Å². The van der Waals surface area contributed by atoms with E-state index in [1.165, 1.54) is 0 Å². The van der Waals surface area contributed by atoms with Gasteiger partial charge in [-0.15, -0.1) is 0 Å². The van der Waals surface area contributed by atoms with E-state index in [0.29, 0.717) is 5.75 Å². The topological polar surface area (TPSA) is 46.2 Å². The highest BCUT2D eigenvalue weighted by Crippen LogP contribution is 1.92. The predicted molar refractivity (Wildman–Crippen MR) is 43.0 cm³/mol. The lowest BCUT2D eigenvalue weighted by atomic mass is 10.2. The molecule has 0 fully saturated rings. The summed E-state index contributed by atoms with van der Waals surface area (Å²) in [4.78, 5) is 0. The zero-order chi connectivity index (χ0) is 7.82.